The zero-order valence-corrected chi connectivity index (χ0v) is 25.1. The molecular weight excluding hydrogens is 584 g/mol. The number of phenols is 2. The van der Waals surface area contributed by atoms with Crippen LogP contribution in [0.2, 0.25) is 0 Å². The van der Waals surface area contributed by atoms with E-state index in [0.717, 1.165) is 0 Å². The first-order valence-electron chi connectivity index (χ1n) is 13.3. The van der Waals surface area contributed by atoms with Crippen molar-refractivity contribution in [1.29, 1.82) is 0 Å². The summed E-state index contributed by atoms with van der Waals surface area (Å²) in [7, 11) is 2.47. The molecule has 0 saturated heterocycles. The normalized spacial score (nSPS) is 13.7. The van der Waals surface area contributed by atoms with Gasteiger partial charge in [-0.2, -0.15) is 0 Å². The molecule has 8 N–H and O–H groups in total. The number of hydrogen-bond donors (Lipinski definition) is 6. The number of carbonyl (C=O) groups is 4. The van der Waals surface area contributed by atoms with Crippen molar-refractivity contribution in [1.82, 2.24) is 10.6 Å². The van der Waals surface area contributed by atoms with Crippen LogP contribution in [0.4, 0.5) is 0 Å². The molecule has 12 nitrogen and oxygen atoms in total. The number of nitrogens with two attached hydrogens (primary N) is 2. The molecule has 0 bridgehead atoms. The fourth-order valence-electron chi connectivity index (χ4n) is 3.56. The summed E-state index contributed by atoms with van der Waals surface area (Å²) < 4.78 is 10.2. The van der Waals surface area contributed by atoms with Crippen LogP contribution in [0.5, 0.6) is 11.5 Å². The molecule has 2 rings (SSSR count). The maximum atomic E-state index is 12.7. The Kier molecular flexibility index (Phi) is 15.0. The van der Waals surface area contributed by atoms with Gasteiger partial charge in [0.15, 0.2) is 0 Å². The SMILES string of the molecule is CCOC(=O)[C@H](Cc1ccc(O)cc1)NC(=O)[C@@H](N)CSSC[C@H](N)C(=O)N[C@H](Cc1ccc(O)cc1)C(=O)OCC. The van der Waals surface area contributed by atoms with Crippen LogP contribution in [0, 0.1) is 0 Å². The van der Waals surface area contributed by atoms with Crippen LogP contribution < -0.4 is 22.1 Å². The molecule has 0 fully saturated rings. The van der Waals surface area contributed by atoms with Crippen LogP contribution in [-0.4, -0.2) is 82.9 Å². The van der Waals surface area contributed by atoms with Gasteiger partial charge in [-0.25, -0.2) is 9.59 Å². The number of esters is 2. The van der Waals surface area contributed by atoms with E-state index in [0.29, 0.717) is 11.1 Å². The maximum Gasteiger partial charge on any atom is 0.328 e. The van der Waals surface area contributed by atoms with Crippen LogP contribution in [0.15, 0.2) is 48.5 Å². The summed E-state index contributed by atoms with van der Waals surface area (Å²) in [5.41, 5.74) is 13.5. The standard InChI is InChI=1S/C28H38N4O8S2/c1-3-39-27(37)23(13-17-5-9-19(33)10-6-17)31-25(35)21(29)15-41-42-16-22(30)26(36)32-24(28(38)40-4-2)14-18-7-11-20(34)12-8-18/h5-12,21-24,33-34H,3-4,13-16,29-30H2,1-2H3,(H,31,35)(H,32,36)/t21-,22-,23-,24+/m0/s1. The topological polar surface area (TPSA) is 203 Å². The molecule has 4 atom stereocenters. The van der Waals surface area contributed by atoms with Gasteiger partial charge < -0.3 is 41.8 Å². The van der Waals surface area contributed by atoms with Crippen molar-refractivity contribution in [2.75, 3.05) is 24.7 Å². The van der Waals surface area contributed by atoms with Gasteiger partial charge in [0.25, 0.3) is 0 Å². The van der Waals surface area contributed by atoms with E-state index in [1.807, 2.05) is 0 Å². The van der Waals surface area contributed by atoms with Crippen LogP contribution in [-0.2, 0) is 41.5 Å². The second-order valence-corrected chi connectivity index (χ2v) is 11.7. The average Bonchev–Trinajstić information content (AvgIpc) is 2.96. The van der Waals surface area contributed by atoms with Crippen LogP contribution >= 0.6 is 21.6 Å². The largest absolute Gasteiger partial charge is 0.508 e. The van der Waals surface area contributed by atoms with Crippen molar-refractivity contribution in [3.63, 3.8) is 0 Å². The molecule has 0 spiro atoms. The first kappa shape index (κ1) is 34.7. The summed E-state index contributed by atoms with van der Waals surface area (Å²) in [4.78, 5) is 50.2. The Balaban J connectivity index is 1.84. The Morgan fingerprint density at radius 2 is 1.02 bits per heavy atom. The number of ether oxygens (including phenoxy) is 2. The van der Waals surface area contributed by atoms with Crippen LogP contribution in [0.25, 0.3) is 0 Å². The minimum absolute atomic E-state index is 0.0807. The Hall–Kier alpha value is -3.46. The summed E-state index contributed by atoms with van der Waals surface area (Å²) in [5.74, 6) is -1.79. The number of benzene rings is 2. The first-order valence-corrected chi connectivity index (χ1v) is 15.8. The molecule has 0 aliphatic heterocycles. The third kappa shape index (κ3) is 12.2. The molecule has 2 aromatic rings. The quantitative estimate of drug-likeness (QED) is 0.0832. The molecule has 0 saturated carbocycles. The first-order chi connectivity index (χ1) is 20.0. The average molecular weight is 623 g/mol. The summed E-state index contributed by atoms with van der Waals surface area (Å²) in [5, 5.41) is 24.2. The van der Waals surface area contributed by atoms with Crippen molar-refractivity contribution in [3.8, 4) is 11.5 Å². The minimum atomic E-state index is -0.961. The number of phenolic OH excluding ortho intramolecular Hbond substituents is 2. The smallest absolute Gasteiger partial charge is 0.328 e. The zero-order valence-electron chi connectivity index (χ0n) is 23.5. The Morgan fingerprint density at radius 3 is 1.33 bits per heavy atom. The van der Waals surface area contributed by atoms with Gasteiger partial charge in [0, 0.05) is 24.3 Å². The van der Waals surface area contributed by atoms with Crippen molar-refractivity contribution in [3.05, 3.63) is 59.7 Å². The van der Waals surface area contributed by atoms with Crippen molar-refractivity contribution >= 4 is 45.3 Å². The molecule has 42 heavy (non-hydrogen) atoms. The lowest BCUT2D eigenvalue weighted by Gasteiger charge is -2.20. The van der Waals surface area contributed by atoms with E-state index in [2.05, 4.69) is 10.6 Å². The third-order valence-corrected chi connectivity index (χ3v) is 8.25. The number of carbonyl (C=O) groups excluding carboxylic acids is 4. The Bertz CT molecular complexity index is 1080. The van der Waals surface area contributed by atoms with E-state index >= 15 is 0 Å². The van der Waals surface area contributed by atoms with Gasteiger partial charge in [-0.15, -0.1) is 0 Å². The lowest BCUT2D eigenvalue weighted by molar-refractivity contribution is -0.147. The van der Waals surface area contributed by atoms with E-state index < -0.39 is 47.9 Å². The van der Waals surface area contributed by atoms with Gasteiger partial charge in [-0.05, 0) is 49.2 Å². The molecule has 0 heterocycles. The van der Waals surface area contributed by atoms with Crippen LogP contribution in [0.1, 0.15) is 25.0 Å². The van der Waals surface area contributed by atoms with Gasteiger partial charge in [-0.3, -0.25) is 9.59 Å². The maximum absolute atomic E-state index is 12.7. The third-order valence-electron chi connectivity index (χ3n) is 5.78. The lowest BCUT2D eigenvalue weighted by atomic mass is 10.1. The molecule has 0 aliphatic carbocycles. The Morgan fingerprint density at radius 1 is 0.690 bits per heavy atom. The summed E-state index contributed by atoms with van der Waals surface area (Å²) >= 11 is 0. The van der Waals surface area contributed by atoms with Gasteiger partial charge in [0.05, 0.1) is 25.3 Å². The van der Waals surface area contributed by atoms with Crippen molar-refractivity contribution < 1.29 is 38.9 Å². The predicted molar refractivity (Wildman–Crippen MR) is 162 cm³/mol. The Labute approximate surface area is 252 Å². The highest BCUT2D eigenvalue weighted by atomic mass is 33.1. The molecular formula is C28H38N4O8S2. The van der Waals surface area contributed by atoms with Gasteiger partial charge in [0.2, 0.25) is 11.8 Å². The molecule has 0 radical (unpaired) electrons. The highest BCUT2D eigenvalue weighted by Crippen LogP contribution is 2.22. The predicted octanol–water partition coefficient (Wildman–Crippen LogP) is 1.01. The van der Waals surface area contributed by atoms with E-state index in [-0.39, 0.29) is 49.1 Å². The fourth-order valence-corrected chi connectivity index (χ4v) is 5.80. The lowest BCUT2D eigenvalue weighted by Crippen LogP contribution is -2.51. The molecule has 0 aromatic heterocycles. The van der Waals surface area contributed by atoms with Crippen molar-refractivity contribution in [2.24, 2.45) is 11.5 Å². The highest BCUT2D eigenvalue weighted by Gasteiger charge is 2.27. The molecule has 0 unspecified atom stereocenters. The number of aromatic hydroxyl groups is 2. The number of amides is 2. The molecule has 2 amide bonds. The van der Waals surface area contributed by atoms with Crippen molar-refractivity contribution in [2.45, 2.75) is 50.9 Å². The van der Waals surface area contributed by atoms with Crippen LogP contribution in [0.3, 0.4) is 0 Å². The number of rotatable bonds is 17. The summed E-state index contributed by atoms with van der Waals surface area (Å²) in [6, 6.07) is 8.66. The minimum Gasteiger partial charge on any atom is -0.508 e. The van der Waals surface area contributed by atoms with Gasteiger partial charge in [0.1, 0.15) is 23.6 Å². The van der Waals surface area contributed by atoms with E-state index in [1.54, 1.807) is 38.1 Å². The number of hydrogen-bond acceptors (Lipinski definition) is 12. The monoisotopic (exact) mass is 622 g/mol. The second kappa shape index (κ2) is 18.2. The van der Waals surface area contributed by atoms with E-state index in [9.17, 15) is 29.4 Å². The zero-order chi connectivity index (χ0) is 31.1. The molecule has 230 valence electrons. The molecule has 0 aliphatic rings. The summed E-state index contributed by atoms with van der Waals surface area (Å²) in [6.45, 7) is 3.61. The number of nitrogens with one attached hydrogen (secondary N) is 2. The van der Waals surface area contributed by atoms with Gasteiger partial charge >= 0.3 is 11.9 Å². The second-order valence-electron chi connectivity index (χ2n) is 9.15. The van der Waals surface area contributed by atoms with E-state index in [4.69, 9.17) is 20.9 Å². The van der Waals surface area contributed by atoms with E-state index in [1.165, 1.54) is 45.9 Å². The molecule has 14 heteroatoms. The highest BCUT2D eigenvalue weighted by molar-refractivity contribution is 8.76. The summed E-state index contributed by atoms with van der Waals surface area (Å²) in [6.07, 6.45) is 0.311. The molecule has 2 aromatic carbocycles. The fraction of sp³-hybridized carbons (Fsp3) is 0.429. The van der Waals surface area contributed by atoms with Gasteiger partial charge in [-0.1, -0.05) is 45.9 Å².